The molecule has 4 rings (SSSR count). The molecular formula is C21H20ClFN4O. The molecule has 3 aromatic rings. The van der Waals surface area contributed by atoms with Gasteiger partial charge in [0.25, 0.3) is 5.91 Å². The summed E-state index contributed by atoms with van der Waals surface area (Å²) in [6.45, 7) is 1.48. The first kappa shape index (κ1) is 18.5. The number of nitrogens with zero attached hydrogens (tertiary/aromatic N) is 2. The summed E-state index contributed by atoms with van der Waals surface area (Å²) in [5.74, 6) is -0.181. The van der Waals surface area contributed by atoms with Crippen LogP contribution in [-0.2, 0) is 0 Å². The van der Waals surface area contributed by atoms with E-state index < -0.39 is 11.7 Å². The summed E-state index contributed by atoms with van der Waals surface area (Å²) in [5, 5.41) is 10.8. The topological polar surface area (TPSA) is 61.0 Å². The maximum absolute atomic E-state index is 13.9. The first-order chi connectivity index (χ1) is 13.6. The van der Waals surface area contributed by atoms with Gasteiger partial charge in [-0.1, -0.05) is 41.9 Å². The Hall–Kier alpha value is -2.86. The number of anilines is 1. The first-order valence-electron chi connectivity index (χ1n) is 9.22. The molecule has 1 aliphatic rings. The molecule has 2 N–H and O–H groups in total. The van der Waals surface area contributed by atoms with Gasteiger partial charge in [0, 0.05) is 30.2 Å². The fourth-order valence-corrected chi connectivity index (χ4v) is 3.65. The van der Waals surface area contributed by atoms with Crippen molar-refractivity contribution in [2.45, 2.75) is 18.9 Å². The van der Waals surface area contributed by atoms with Crippen molar-refractivity contribution in [2.75, 3.05) is 18.0 Å². The summed E-state index contributed by atoms with van der Waals surface area (Å²) < 4.78 is 13.9. The van der Waals surface area contributed by atoms with Crippen molar-refractivity contribution >= 4 is 23.3 Å². The van der Waals surface area contributed by atoms with Gasteiger partial charge in [-0.2, -0.15) is 5.10 Å². The van der Waals surface area contributed by atoms with E-state index in [-0.39, 0.29) is 11.6 Å². The second kappa shape index (κ2) is 8.02. The summed E-state index contributed by atoms with van der Waals surface area (Å²) in [4.78, 5) is 14.6. The Morgan fingerprint density at radius 3 is 2.86 bits per heavy atom. The Kier molecular flexibility index (Phi) is 5.30. The van der Waals surface area contributed by atoms with Crippen LogP contribution in [0.3, 0.4) is 0 Å². The molecule has 0 aliphatic carbocycles. The van der Waals surface area contributed by atoms with Crippen LogP contribution >= 0.6 is 11.6 Å². The Morgan fingerprint density at radius 2 is 2.04 bits per heavy atom. The minimum absolute atomic E-state index is 0.0317. The first-order valence-corrected chi connectivity index (χ1v) is 9.59. The average molecular weight is 399 g/mol. The number of piperidine rings is 1. The molecule has 2 aromatic carbocycles. The second-order valence-electron chi connectivity index (χ2n) is 6.89. The summed E-state index contributed by atoms with van der Waals surface area (Å²) in [6, 6.07) is 15.9. The van der Waals surface area contributed by atoms with Crippen molar-refractivity contribution in [2.24, 2.45) is 0 Å². The quantitative estimate of drug-likeness (QED) is 0.690. The minimum Gasteiger partial charge on any atom is -0.353 e. The Labute approximate surface area is 167 Å². The number of benzene rings is 2. The van der Waals surface area contributed by atoms with Crippen molar-refractivity contribution in [3.05, 3.63) is 71.0 Å². The summed E-state index contributed by atoms with van der Waals surface area (Å²) >= 11 is 5.89. The molecule has 144 valence electrons. The molecule has 2 heterocycles. The van der Waals surface area contributed by atoms with Crippen LogP contribution in [0.15, 0.2) is 54.6 Å². The van der Waals surface area contributed by atoms with Gasteiger partial charge in [0.15, 0.2) is 5.82 Å². The molecule has 7 heteroatoms. The number of nitrogens with one attached hydrogen (secondary N) is 2. The van der Waals surface area contributed by atoms with Gasteiger partial charge >= 0.3 is 0 Å². The van der Waals surface area contributed by atoms with Crippen LogP contribution in [0, 0.1) is 5.82 Å². The van der Waals surface area contributed by atoms with Crippen molar-refractivity contribution in [3.8, 4) is 11.3 Å². The van der Waals surface area contributed by atoms with E-state index in [2.05, 4.69) is 20.4 Å². The standard InChI is InChI=1S/C21H20ClFN4O/c22-15-8-9-18(23)17(11-15)21(28)24-16-7-4-10-27(13-16)20-12-19(25-26-20)14-5-2-1-3-6-14/h1-3,5-6,8-9,11-12,16H,4,7,10,13H2,(H,24,28)(H,25,26). The second-order valence-corrected chi connectivity index (χ2v) is 7.33. The number of halogens is 2. The molecule has 1 aromatic heterocycles. The highest BCUT2D eigenvalue weighted by atomic mass is 35.5. The highest BCUT2D eigenvalue weighted by Crippen LogP contribution is 2.24. The van der Waals surface area contributed by atoms with Crippen molar-refractivity contribution in [1.82, 2.24) is 15.5 Å². The van der Waals surface area contributed by atoms with Crippen LogP contribution in [0.2, 0.25) is 5.02 Å². The SMILES string of the molecule is O=C(NC1CCCN(c2cc(-c3ccccc3)[nH]n2)C1)c1cc(Cl)ccc1F. The van der Waals surface area contributed by atoms with E-state index in [1.807, 2.05) is 36.4 Å². The number of aromatic nitrogens is 2. The number of carbonyl (C=O) groups excluding carboxylic acids is 1. The third kappa shape index (κ3) is 4.02. The van der Waals surface area contributed by atoms with E-state index in [0.29, 0.717) is 11.6 Å². The highest BCUT2D eigenvalue weighted by molar-refractivity contribution is 6.31. The number of rotatable bonds is 4. The third-order valence-electron chi connectivity index (χ3n) is 4.90. The van der Waals surface area contributed by atoms with Crippen LogP contribution in [0.5, 0.6) is 0 Å². The number of carbonyl (C=O) groups is 1. The minimum atomic E-state index is -0.575. The predicted octanol–water partition coefficient (Wildman–Crippen LogP) is 4.27. The van der Waals surface area contributed by atoms with Gasteiger partial charge in [-0.25, -0.2) is 4.39 Å². The summed E-state index contributed by atoms with van der Waals surface area (Å²) in [6.07, 6.45) is 1.75. The van der Waals surface area contributed by atoms with Crippen molar-refractivity contribution in [1.29, 1.82) is 0 Å². The molecule has 5 nitrogen and oxygen atoms in total. The number of H-pyrrole nitrogens is 1. The Morgan fingerprint density at radius 1 is 1.21 bits per heavy atom. The molecule has 28 heavy (non-hydrogen) atoms. The Balaban J connectivity index is 1.44. The van der Waals surface area contributed by atoms with Gasteiger partial charge < -0.3 is 10.2 Å². The lowest BCUT2D eigenvalue weighted by Crippen LogP contribution is -2.48. The van der Waals surface area contributed by atoms with Crippen LogP contribution in [0.25, 0.3) is 11.3 Å². The Bertz CT molecular complexity index is 976. The average Bonchev–Trinajstić information content (AvgIpc) is 3.21. The van der Waals surface area contributed by atoms with Gasteiger partial charge in [0.1, 0.15) is 5.82 Å². The van der Waals surface area contributed by atoms with E-state index in [4.69, 9.17) is 11.6 Å². The fraction of sp³-hybridized carbons (Fsp3) is 0.238. The van der Waals surface area contributed by atoms with Gasteiger partial charge in [0.05, 0.1) is 11.3 Å². The molecular weight excluding hydrogens is 379 g/mol. The fourth-order valence-electron chi connectivity index (χ4n) is 3.48. The molecule has 0 saturated carbocycles. The lowest BCUT2D eigenvalue weighted by molar-refractivity contribution is 0.0929. The molecule has 1 amide bonds. The number of hydrogen-bond donors (Lipinski definition) is 2. The third-order valence-corrected chi connectivity index (χ3v) is 5.14. The zero-order valence-electron chi connectivity index (χ0n) is 15.2. The van der Waals surface area contributed by atoms with Crippen molar-refractivity contribution in [3.63, 3.8) is 0 Å². The smallest absolute Gasteiger partial charge is 0.254 e. The number of aromatic amines is 1. The molecule has 1 atom stereocenters. The number of amides is 1. The van der Waals surface area contributed by atoms with Gasteiger partial charge in [0.2, 0.25) is 0 Å². The zero-order chi connectivity index (χ0) is 19.5. The molecule has 1 aliphatic heterocycles. The molecule has 1 saturated heterocycles. The van der Waals surface area contributed by atoms with E-state index in [1.54, 1.807) is 0 Å². The van der Waals surface area contributed by atoms with Gasteiger partial charge in [-0.3, -0.25) is 9.89 Å². The largest absolute Gasteiger partial charge is 0.353 e. The summed E-state index contributed by atoms with van der Waals surface area (Å²) in [5.41, 5.74) is 1.98. The molecule has 0 spiro atoms. The lowest BCUT2D eigenvalue weighted by Gasteiger charge is -2.33. The van der Waals surface area contributed by atoms with Gasteiger partial charge in [-0.05, 0) is 36.6 Å². The van der Waals surface area contributed by atoms with E-state index >= 15 is 0 Å². The zero-order valence-corrected chi connectivity index (χ0v) is 15.9. The van der Waals surface area contributed by atoms with Crippen molar-refractivity contribution < 1.29 is 9.18 Å². The normalized spacial score (nSPS) is 16.8. The lowest BCUT2D eigenvalue weighted by atomic mass is 10.0. The van der Waals surface area contributed by atoms with Crippen LogP contribution < -0.4 is 10.2 Å². The predicted molar refractivity (Wildman–Crippen MR) is 108 cm³/mol. The van der Waals surface area contributed by atoms with E-state index in [1.165, 1.54) is 18.2 Å². The molecule has 0 bridgehead atoms. The maximum Gasteiger partial charge on any atom is 0.254 e. The molecule has 1 unspecified atom stereocenters. The maximum atomic E-state index is 13.9. The number of hydrogen-bond acceptors (Lipinski definition) is 3. The summed E-state index contributed by atoms with van der Waals surface area (Å²) in [7, 11) is 0. The van der Waals surface area contributed by atoms with Crippen LogP contribution in [-0.4, -0.2) is 35.2 Å². The van der Waals surface area contributed by atoms with E-state index in [9.17, 15) is 9.18 Å². The van der Waals surface area contributed by atoms with Gasteiger partial charge in [-0.15, -0.1) is 0 Å². The van der Waals surface area contributed by atoms with Crippen LogP contribution in [0.4, 0.5) is 10.2 Å². The van der Waals surface area contributed by atoms with E-state index in [0.717, 1.165) is 36.5 Å². The molecule has 1 fully saturated rings. The van der Waals surface area contributed by atoms with Crippen LogP contribution in [0.1, 0.15) is 23.2 Å². The molecule has 0 radical (unpaired) electrons. The monoisotopic (exact) mass is 398 g/mol. The highest BCUT2D eigenvalue weighted by Gasteiger charge is 2.24.